The molecule has 1 fully saturated rings. The van der Waals surface area contributed by atoms with Crippen LogP contribution in [0.2, 0.25) is 0 Å². The Bertz CT molecular complexity index is 367. The van der Waals surface area contributed by atoms with Crippen molar-refractivity contribution in [1.29, 1.82) is 0 Å². The number of benzene rings is 1. The monoisotopic (exact) mass is 261 g/mol. The lowest BCUT2D eigenvalue weighted by atomic mass is 9.81. The predicted molar refractivity (Wildman–Crippen MR) is 80.2 cm³/mol. The maximum atomic E-state index is 10.5. The molecular weight excluding hydrogens is 234 g/mol. The molecule has 0 spiro atoms. The number of rotatable bonds is 5. The maximum absolute atomic E-state index is 10.5. The first-order chi connectivity index (χ1) is 9.20. The van der Waals surface area contributed by atoms with Gasteiger partial charge in [-0.2, -0.15) is 0 Å². The molecule has 0 bridgehead atoms. The van der Waals surface area contributed by atoms with Crippen LogP contribution in [0.1, 0.15) is 55.6 Å². The summed E-state index contributed by atoms with van der Waals surface area (Å²) in [5.41, 5.74) is 8.32. The van der Waals surface area contributed by atoms with E-state index in [1.165, 1.54) is 43.2 Å². The molecule has 2 nitrogen and oxygen atoms in total. The molecule has 1 aromatic carbocycles. The van der Waals surface area contributed by atoms with E-state index in [-0.39, 0.29) is 12.0 Å². The Labute approximate surface area is 117 Å². The van der Waals surface area contributed by atoms with Crippen LogP contribution in [-0.4, -0.2) is 17.8 Å². The number of hydrogen-bond donors (Lipinski definition) is 2. The van der Waals surface area contributed by atoms with E-state index in [0.717, 1.165) is 6.42 Å². The predicted octanol–water partition coefficient (Wildman–Crippen LogP) is 3.37. The van der Waals surface area contributed by atoms with Crippen molar-refractivity contribution in [3.63, 3.8) is 0 Å². The molecule has 3 N–H and O–H groups in total. The van der Waals surface area contributed by atoms with Crippen LogP contribution < -0.4 is 5.73 Å². The second-order valence-electron chi connectivity index (χ2n) is 6.06. The molecule has 0 saturated heterocycles. The third kappa shape index (κ3) is 4.05. The van der Waals surface area contributed by atoms with Crippen molar-refractivity contribution >= 4 is 0 Å². The van der Waals surface area contributed by atoms with Gasteiger partial charge in [-0.15, -0.1) is 0 Å². The van der Waals surface area contributed by atoms with Crippen LogP contribution in [0.15, 0.2) is 24.3 Å². The highest BCUT2D eigenvalue weighted by atomic mass is 16.3. The zero-order valence-electron chi connectivity index (χ0n) is 12.0. The topological polar surface area (TPSA) is 46.2 Å². The minimum absolute atomic E-state index is 0.0857. The van der Waals surface area contributed by atoms with Crippen LogP contribution in [0.3, 0.4) is 0 Å². The van der Waals surface area contributed by atoms with Gasteiger partial charge in [0, 0.05) is 12.5 Å². The summed E-state index contributed by atoms with van der Waals surface area (Å²) in [6.07, 6.45) is 7.20. The van der Waals surface area contributed by atoms with E-state index in [1.54, 1.807) is 0 Å². The van der Waals surface area contributed by atoms with E-state index >= 15 is 0 Å². The highest BCUT2D eigenvalue weighted by Gasteiger charge is 2.24. The normalized spacial score (nSPS) is 20.2. The molecule has 2 unspecified atom stereocenters. The van der Waals surface area contributed by atoms with Crippen LogP contribution >= 0.6 is 0 Å². The van der Waals surface area contributed by atoms with Gasteiger partial charge >= 0.3 is 0 Å². The zero-order valence-corrected chi connectivity index (χ0v) is 12.0. The minimum atomic E-state index is -0.296. The van der Waals surface area contributed by atoms with Crippen molar-refractivity contribution < 1.29 is 5.11 Å². The van der Waals surface area contributed by atoms with Gasteiger partial charge in [-0.05, 0) is 24.8 Å². The molecule has 0 radical (unpaired) electrons. The van der Waals surface area contributed by atoms with Crippen LogP contribution in [0, 0.1) is 12.8 Å². The van der Waals surface area contributed by atoms with Gasteiger partial charge in [0.25, 0.3) is 0 Å². The summed E-state index contributed by atoms with van der Waals surface area (Å²) in [4.78, 5) is 0. The molecule has 2 heteroatoms. The molecule has 106 valence electrons. The van der Waals surface area contributed by atoms with Gasteiger partial charge in [-0.1, -0.05) is 61.9 Å². The molecule has 1 saturated carbocycles. The number of hydrogen-bond acceptors (Lipinski definition) is 2. The summed E-state index contributed by atoms with van der Waals surface area (Å²) in [5.74, 6) is 0.783. The summed E-state index contributed by atoms with van der Waals surface area (Å²) >= 11 is 0. The average Bonchev–Trinajstić information content (AvgIpc) is 2.43. The van der Waals surface area contributed by atoms with Crippen LogP contribution in [-0.2, 0) is 0 Å². The quantitative estimate of drug-likeness (QED) is 0.853. The lowest BCUT2D eigenvalue weighted by molar-refractivity contribution is 0.106. The van der Waals surface area contributed by atoms with E-state index in [0.29, 0.717) is 12.5 Å². The first-order valence-electron chi connectivity index (χ1n) is 7.65. The van der Waals surface area contributed by atoms with Crippen molar-refractivity contribution in [2.24, 2.45) is 11.7 Å². The third-order valence-electron chi connectivity index (χ3n) is 4.52. The minimum Gasteiger partial charge on any atom is -0.392 e. The van der Waals surface area contributed by atoms with E-state index in [2.05, 4.69) is 31.2 Å². The Kier molecular flexibility index (Phi) is 5.41. The van der Waals surface area contributed by atoms with Gasteiger partial charge in [-0.3, -0.25) is 0 Å². The SMILES string of the molecule is Cc1ccc(C(CN)C(O)CC2CCCCC2)cc1. The van der Waals surface area contributed by atoms with Gasteiger partial charge in [0.15, 0.2) is 0 Å². The molecule has 19 heavy (non-hydrogen) atoms. The number of aliphatic hydroxyl groups is 1. The molecule has 1 aliphatic rings. The Morgan fingerprint density at radius 1 is 1.16 bits per heavy atom. The molecular formula is C17H27NO. The van der Waals surface area contributed by atoms with Gasteiger partial charge in [0.05, 0.1) is 6.10 Å². The van der Waals surface area contributed by atoms with Gasteiger partial charge in [0.2, 0.25) is 0 Å². The van der Waals surface area contributed by atoms with E-state index in [4.69, 9.17) is 5.73 Å². The summed E-state index contributed by atoms with van der Waals surface area (Å²) < 4.78 is 0. The number of aryl methyl sites for hydroxylation is 1. The largest absolute Gasteiger partial charge is 0.392 e. The molecule has 1 aromatic rings. The second kappa shape index (κ2) is 7.06. The summed E-state index contributed by atoms with van der Waals surface area (Å²) in [6.45, 7) is 2.61. The average molecular weight is 261 g/mol. The van der Waals surface area contributed by atoms with E-state index in [9.17, 15) is 5.11 Å². The molecule has 0 amide bonds. The van der Waals surface area contributed by atoms with Crippen LogP contribution in [0.4, 0.5) is 0 Å². The Morgan fingerprint density at radius 2 is 1.79 bits per heavy atom. The van der Waals surface area contributed by atoms with Crippen molar-refractivity contribution in [1.82, 2.24) is 0 Å². The Hall–Kier alpha value is -0.860. The van der Waals surface area contributed by atoms with Gasteiger partial charge < -0.3 is 10.8 Å². The van der Waals surface area contributed by atoms with Crippen molar-refractivity contribution in [2.45, 2.75) is 57.5 Å². The summed E-state index contributed by atoms with van der Waals surface area (Å²) in [6, 6.07) is 8.42. The van der Waals surface area contributed by atoms with Gasteiger partial charge in [-0.25, -0.2) is 0 Å². The number of nitrogens with two attached hydrogens (primary N) is 1. The molecule has 0 heterocycles. The first kappa shape index (κ1) is 14.5. The molecule has 2 atom stereocenters. The van der Waals surface area contributed by atoms with Crippen molar-refractivity contribution in [2.75, 3.05) is 6.54 Å². The Balaban J connectivity index is 1.97. The highest BCUT2D eigenvalue weighted by Crippen LogP contribution is 2.31. The third-order valence-corrected chi connectivity index (χ3v) is 4.52. The van der Waals surface area contributed by atoms with E-state index < -0.39 is 0 Å². The molecule has 0 aliphatic heterocycles. The fourth-order valence-electron chi connectivity index (χ4n) is 3.26. The highest BCUT2D eigenvalue weighted by molar-refractivity contribution is 5.25. The molecule has 1 aliphatic carbocycles. The second-order valence-corrected chi connectivity index (χ2v) is 6.06. The van der Waals surface area contributed by atoms with Crippen LogP contribution in [0.5, 0.6) is 0 Å². The fraction of sp³-hybridized carbons (Fsp3) is 0.647. The Morgan fingerprint density at radius 3 is 2.37 bits per heavy atom. The fourth-order valence-corrected chi connectivity index (χ4v) is 3.26. The zero-order chi connectivity index (χ0) is 13.7. The van der Waals surface area contributed by atoms with Crippen LogP contribution in [0.25, 0.3) is 0 Å². The summed E-state index contributed by atoms with van der Waals surface area (Å²) in [5, 5.41) is 10.5. The lowest BCUT2D eigenvalue weighted by Crippen LogP contribution is -2.28. The van der Waals surface area contributed by atoms with E-state index in [1.807, 2.05) is 0 Å². The number of aliphatic hydroxyl groups excluding tert-OH is 1. The standard InChI is InChI=1S/C17H27NO/c1-13-7-9-15(10-8-13)16(12-18)17(19)11-14-5-3-2-4-6-14/h7-10,14,16-17,19H,2-6,11-12,18H2,1H3. The van der Waals surface area contributed by atoms with Gasteiger partial charge in [0.1, 0.15) is 0 Å². The summed E-state index contributed by atoms with van der Waals surface area (Å²) in [7, 11) is 0. The van der Waals surface area contributed by atoms with Crippen molar-refractivity contribution in [3.8, 4) is 0 Å². The molecule has 0 aromatic heterocycles. The smallest absolute Gasteiger partial charge is 0.0623 e. The maximum Gasteiger partial charge on any atom is 0.0623 e. The van der Waals surface area contributed by atoms with Crippen molar-refractivity contribution in [3.05, 3.63) is 35.4 Å². The first-order valence-corrected chi connectivity index (χ1v) is 7.65. The lowest BCUT2D eigenvalue weighted by Gasteiger charge is -2.28. The molecule has 2 rings (SSSR count).